The molecular formula is C25H18N2O4S2. The van der Waals surface area contributed by atoms with Gasteiger partial charge in [-0.15, -0.1) is 0 Å². The molecule has 164 valence electrons. The summed E-state index contributed by atoms with van der Waals surface area (Å²) in [7, 11) is 0. The molecule has 33 heavy (non-hydrogen) atoms. The highest BCUT2D eigenvalue weighted by Gasteiger charge is 2.33. The average molecular weight is 475 g/mol. The van der Waals surface area contributed by atoms with E-state index in [4.69, 9.17) is 17.0 Å². The molecule has 0 atom stereocenters. The highest BCUT2D eigenvalue weighted by atomic mass is 32.2. The molecule has 2 amide bonds. The normalized spacial score (nSPS) is 14.4. The van der Waals surface area contributed by atoms with Crippen LogP contribution in [0.4, 0.5) is 0 Å². The number of carbonyl (C=O) groups is 3. The van der Waals surface area contributed by atoms with Gasteiger partial charge in [-0.1, -0.05) is 66.4 Å². The van der Waals surface area contributed by atoms with Gasteiger partial charge >= 0.3 is 0 Å². The molecule has 0 aromatic heterocycles. The van der Waals surface area contributed by atoms with E-state index in [1.807, 2.05) is 30.3 Å². The van der Waals surface area contributed by atoms with E-state index in [9.17, 15) is 14.4 Å². The van der Waals surface area contributed by atoms with E-state index in [0.29, 0.717) is 28.4 Å². The Kier molecular flexibility index (Phi) is 6.97. The number of nitrogens with zero attached hydrogens (tertiary/aromatic N) is 1. The van der Waals surface area contributed by atoms with Gasteiger partial charge in [0.1, 0.15) is 18.6 Å². The van der Waals surface area contributed by atoms with Crippen molar-refractivity contribution in [1.29, 1.82) is 0 Å². The largest absolute Gasteiger partial charge is 0.489 e. The van der Waals surface area contributed by atoms with Crippen LogP contribution in [0.5, 0.6) is 5.75 Å². The number of ether oxygens (including phenoxy) is 1. The number of aldehydes is 1. The fourth-order valence-corrected chi connectivity index (χ4v) is 4.18. The van der Waals surface area contributed by atoms with Crippen molar-refractivity contribution in [3.05, 3.63) is 106 Å². The summed E-state index contributed by atoms with van der Waals surface area (Å²) in [6.07, 6.45) is 2.42. The number of benzene rings is 3. The monoisotopic (exact) mass is 474 g/mol. The molecule has 0 spiro atoms. The molecule has 8 heteroatoms. The van der Waals surface area contributed by atoms with E-state index in [1.54, 1.807) is 54.6 Å². The summed E-state index contributed by atoms with van der Waals surface area (Å²) in [4.78, 5) is 36.6. The number of hydrogen-bond acceptors (Lipinski definition) is 6. The summed E-state index contributed by atoms with van der Waals surface area (Å²) in [5.41, 5.74) is 5.26. The molecule has 0 aliphatic carbocycles. The van der Waals surface area contributed by atoms with Crippen molar-refractivity contribution in [3.63, 3.8) is 0 Å². The average Bonchev–Trinajstić information content (AvgIpc) is 3.11. The number of rotatable bonds is 7. The van der Waals surface area contributed by atoms with Gasteiger partial charge in [0, 0.05) is 11.1 Å². The van der Waals surface area contributed by atoms with Crippen molar-refractivity contribution >= 4 is 52.5 Å². The fourth-order valence-electron chi connectivity index (χ4n) is 3.00. The van der Waals surface area contributed by atoms with Gasteiger partial charge in [0.2, 0.25) is 0 Å². The quantitative estimate of drug-likeness (QED) is 0.306. The first-order valence-corrected chi connectivity index (χ1v) is 11.2. The second-order valence-electron chi connectivity index (χ2n) is 7.04. The van der Waals surface area contributed by atoms with Crippen molar-refractivity contribution in [1.82, 2.24) is 10.4 Å². The molecule has 0 unspecified atom stereocenters. The minimum Gasteiger partial charge on any atom is -0.489 e. The Balaban J connectivity index is 1.38. The Morgan fingerprint density at radius 3 is 2.30 bits per heavy atom. The molecule has 1 saturated heterocycles. The van der Waals surface area contributed by atoms with Gasteiger partial charge < -0.3 is 4.74 Å². The van der Waals surface area contributed by atoms with Crippen molar-refractivity contribution in [3.8, 4) is 5.75 Å². The SMILES string of the molecule is O=Cc1ccc(/C=C2/SC(=S)N(NC(=O)c3ccc(OCc4ccccc4)cc3)C2=O)cc1. The predicted octanol–water partition coefficient (Wildman–Crippen LogP) is 4.62. The summed E-state index contributed by atoms with van der Waals surface area (Å²) in [5.74, 6) is -0.248. The number of hydrogen-bond donors (Lipinski definition) is 1. The summed E-state index contributed by atoms with van der Waals surface area (Å²) in [6, 6.07) is 23.2. The lowest BCUT2D eigenvalue weighted by Crippen LogP contribution is -2.44. The Morgan fingerprint density at radius 1 is 0.970 bits per heavy atom. The molecule has 1 aliphatic rings. The minimum absolute atomic E-state index is 0.229. The molecule has 0 saturated carbocycles. The molecule has 1 aliphatic heterocycles. The van der Waals surface area contributed by atoms with Crippen LogP contribution in [0.15, 0.2) is 83.8 Å². The lowest BCUT2D eigenvalue weighted by Gasteiger charge is -2.15. The van der Waals surface area contributed by atoms with Gasteiger partial charge in [0.25, 0.3) is 11.8 Å². The topological polar surface area (TPSA) is 75.7 Å². The van der Waals surface area contributed by atoms with Gasteiger partial charge in [-0.05, 0) is 53.7 Å². The summed E-state index contributed by atoms with van der Waals surface area (Å²) in [5, 5.41) is 1.06. The first-order valence-electron chi connectivity index (χ1n) is 9.94. The molecule has 3 aromatic carbocycles. The van der Waals surface area contributed by atoms with E-state index in [-0.39, 0.29) is 4.32 Å². The third kappa shape index (κ3) is 5.54. The van der Waals surface area contributed by atoms with E-state index in [1.165, 1.54) is 0 Å². The molecule has 6 nitrogen and oxygen atoms in total. The second kappa shape index (κ2) is 10.2. The molecule has 1 heterocycles. The molecule has 1 N–H and O–H groups in total. The smallest absolute Gasteiger partial charge is 0.285 e. The van der Waals surface area contributed by atoms with Gasteiger partial charge in [0.15, 0.2) is 4.32 Å². The van der Waals surface area contributed by atoms with Gasteiger partial charge in [-0.25, -0.2) is 0 Å². The zero-order valence-electron chi connectivity index (χ0n) is 17.3. The molecule has 3 aromatic rings. The lowest BCUT2D eigenvalue weighted by molar-refractivity contribution is -0.123. The number of amides is 2. The van der Waals surface area contributed by atoms with Crippen LogP contribution in [-0.2, 0) is 11.4 Å². The van der Waals surface area contributed by atoms with Gasteiger partial charge in [0.05, 0.1) is 4.91 Å². The van der Waals surface area contributed by atoms with Crippen LogP contribution in [-0.4, -0.2) is 27.4 Å². The van der Waals surface area contributed by atoms with E-state index in [0.717, 1.165) is 34.2 Å². The van der Waals surface area contributed by atoms with E-state index < -0.39 is 11.8 Å². The number of hydrazine groups is 1. The molecule has 1 fully saturated rings. The maximum atomic E-state index is 12.7. The fraction of sp³-hybridized carbons (Fsp3) is 0.0400. The van der Waals surface area contributed by atoms with Crippen LogP contribution in [0.3, 0.4) is 0 Å². The standard InChI is InChI=1S/C25H18N2O4S2/c28-15-18-8-6-17(7-9-18)14-22-24(30)27(25(32)33-22)26-23(29)20-10-12-21(13-11-20)31-16-19-4-2-1-3-5-19/h1-15H,16H2,(H,26,29)/b22-14+. The van der Waals surface area contributed by atoms with Crippen molar-refractivity contribution in [2.45, 2.75) is 6.61 Å². The van der Waals surface area contributed by atoms with Crippen LogP contribution in [0, 0.1) is 0 Å². The van der Waals surface area contributed by atoms with Crippen LogP contribution in [0.1, 0.15) is 31.8 Å². The van der Waals surface area contributed by atoms with Crippen molar-refractivity contribution < 1.29 is 19.1 Å². The Bertz CT molecular complexity index is 1220. The third-order valence-electron chi connectivity index (χ3n) is 4.74. The number of thiocarbonyl (C=S) groups is 1. The summed E-state index contributed by atoms with van der Waals surface area (Å²) < 4.78 is 5.96. The van der Waals surface area contributed by atoms with E-state index >= 15 is 0 Å². The number of thioether (sulfide) groups is 1. The van der Waals surface area contributed by atoms with Crippen LogP contribution >= 0.6 is 24.0 Å². The molecular weight excluding hydrogens is 456 g/mol. The minimum atomic E-state index is -0.461. The van der Waals surface area contributed by atoms with Crippen LogP contribution in [0.2, 0.25) is 0 Å². The predicted molar refractivity (Wildman–Crippen MR) is 132 cm³/mol. The Hall–Kier alpha value is -3.75. The summed E-state index contributed by atoms with van der Waals surface area (Å²) in [6.45, 7) is 0.424. The molecule has 0 radical (unpaired) electrons. The lowest BCUT2D eigenvalue weighted by atomic mass is 10.1. The highest BCUT2D eigenvalue weighted by molar-refractivity contribution is 8.26. The maximum Gasteiger partial charge on any atom is 0.285 e. The first-order chi connectivity index (χ1) is 16.0. The zero-order chi connectivity index (χ0) is 23.2. The zero-order valence-corrected chi connectivity index (χ0v) is 18.9. The Morgan fingerprint density at radius 2 is 1.64 bits per heavy atom. The summed E-state index contributed by atoms with van der Waals surface area (Å²) >= 11 is 6.36. The van der Waals surface area contributed by atoms with Crippen molar-refractivity contribution in [2.24, 2.45) is 0 Å². The van der Waals surface area contributed by atoms with Crippen LogP contribution < -0.4 is 10.2 Å². The molecule has 0 bridgehead atoms. The van der Waals surface area contributed by atoms with Crippen molar-refractivity contribution in [2.75, 3.05) is 0 Å². The number of nitrogens with one attached hydrogen (secondary N) is 1. The second-order valence-corrected chi connectivity index (χ2v) is 8.72. The van der Waals surface area contributed by atoms with Gasteiger partial charge in [-0.3, -0.25) is 19.8 Å². The molecule has 4 rings (SSSR count). The Labute approximate surface area is 200 Å². The number of carbonyl (C=O) groups excluding carboxylic acids is 3. The first kappa shape index (κ1) is 22.4. The van der Waals surface area contributed by atoms with Gasteiger partial charge in [-0.2, -0.15) is 5.01 Å². The highest BCUT2D eigenvalue weighted by Crippen LogP contribution is 2.31. The van der Waals surface area contributed by atoms with E-state index in [2.05, 4.69) is 5.43 Å². The maximum absolute atomic E-state index is 12.7. The van der Waals surface area contributed by atoms with Crippen LogP contribution in [0.25, 0.3) is 6.08 Å². The third-order valence-corrected chi connectivity index (χ3v) is 6.04.